The zero-order chi connectivity index (χ0) is 19.7. The molecule has 2 aliphatic rings. The van der Waals surface area contributed by atoms with Gasteiger partial charge in [0.2, 0.25) is 0 Å². The SMILES string of the molecule is CCC1=CC(CC)[C]([Zr]([CH3])([CH3])(=[SiH2])[C]2=C(CC)C(CC)=CC2CC)=C1CC.Cl.Cl. The summed E-state index contributed by atoms with van der Waals surface area (Å²) in [4.78, 5) is 0. The standard InChI is InChI=1S/2C11H17.2CH3.2ClH.H2Si.Zr/c2*1-4-9-7-10(5-2)11(6-3)8-9;;;;;;/h2*7,9H,4-6H2,1-3H3;2*1H3;2*1H;1H2;. The monoisotopic (exact) mass is 520 g/mol. The van der Waals surface area contributed by atoms with Gasteiger partial charge in [0, 0.05) is 0 Å². The fourth-order valence-electron chi connectivity index (χ4n) is 6.09. The molecule has 0 aromatic carbocycles. The molecule has 0 N–H and O–H groups in total. The Morgan fingerprint density at radius 3 is 1.21 bits per heavy atom. The van der Waals surface area contributed by atoms with E-state index in [1.807, 2.05) is 6.56 Å². The van der Waals surface area contributed by atoms with Crippen molar-refractivity contribution in [1.82, 2.24) is 0 Å². The van der Waals surface area contributed by atoms with Gasteiger partial charge in [0.25, 0.3) is 0 Å². The van der Waals surface area contributed by atoms with Crippen molar-refractivity contribution >= 4 is 31.7 Å². The van der Waals surface area contributed by atoms with Crippen LogP contribution in [-0.4, -0.2) is 6.88 Å². The quantitative estimate of drug-likeness (QED) is 0.282. The van der Waals surface area contributed by atoms with Crippen molar-refractivity contribution < 1.29 is 17.4 Å². The van der Waals surface area contributed by atoms with Crippen LogP contribution in [0.3, 0.4) is 0 Å². The summed E-state index contributed by atoms with van der Waals surface area (Å²) in [6, 6.07) is 0. The van der Waals surface area contributed by atoms with Crippen LogP contribution in [0.25, 0.3) is 0 Å². The van der Waals surface area contributed by atoms with Crippen molar-refractivity contribution in [2.45, 2.75) is 89.3 Å². The summed E-state index contributed by atoms with van der Waals surface area (Å²) in [5.74, 6) is 1.40. The Bertz CT molecular complexity index is 703. The van der Waals surface area contributed by atoms with Crippen molar-refractivity contribution in [2.75, 3.05) is 0 Å². The molecule has 0 saturated heterocycles. The summed E-state index contributed by atoms with van der Waals surface area (Å²) in [6.07, 6.45) is 12.7. The van der Waals surface area contributed by atoms with E-state index in [1.165, 1.54) is 38.5 Å². The number of halogens is 2. The molecule has 2 rings (SSSR count). The molecule has 0 saturated carbocycles. The number of allylic oxidation sites excluding steroid dienone is 8. The average Bonchev–Trinajstić information content (AvgIpc) is 3.19. The van der Waals surface area contributed by atoms with Crippen LogP contribution < -0.4 is 0 Å². The van der Waals surface area contributed by atoms with Gasteiger partial charge in [0.1, 0.15) is 0 Å². The van der Waals surface area contributed by atoms with Gasteiger partial charge in [-0.15, -0.1) is 24.8 Å². The summed E-state index contributed by atoms with van der Waals surface area (Å²) in [5.41, 5.74) is 6.84. The van der Waals surface area contributed by atoms with E-state index in [0.29, 0.717) is 11.8 Å². The first-order chi connectivity index (χ1) is 12.2. The maximum absolute atomic E-state index is 3.21. The van der Waals surface area contributed by atoms with Gasteiger partial charge in [-0.3, -0.25) is 0 Å². The van der Waals surface area contributed by atoms with Crippen LogP contribution in [0.4, 0.5) is 0 Å². The fourth-order valence-corrected chi connectivity index (χ4v) is 26.1. The van der Waals surface area contributed by atoms with Crippen LogP contribution in [0.15, 0.2) is 41.0 Å². The molecule has 0 spiro atoms. The van der Waals surface area contributed by atoms with Gasteiger partial charge in [-0.2, -0.15) is 0 Å². The van der Waals surface area contributed by atoms with E-state index >= 15 is 0 Å². The third kappa shape index (κ3) is 4.76. The second-order valence-corrected chi connectivity index (χ2v) is 37.7. The molecule has 162 valence electrons. The smallest absolute Gasteiger partial charge is 0.147 e. The van der Waals surface area contributed by atoms with E-state index in [4.69, 9.17) is 0 Å². The van der Waals surface area contributed by atoms with Gasteiger partial charge >= 0.3 is 166 Å². The van der Waals surface area contributed by atoms with Crippen LogP contribution in [-0.2, 0) is 17.4 Å². The van der Waals surface area contributed by atoms with E-state index in [-0.39, 0.29) is 24.8 Å². The van der Waals surface area contributed by atoms with Crippen LogP contribution in [0.5, 0.6) is 0 Å². The number of hydrogen-bond acceptors (Lipinski definition) is 0. The zero-order valence-corrected chi connectivity index (χ0v) is 25.1. The van der Waals surface area contributed by atoms with Gasteiger partial charge in [0.15, 0.2) is 0 Å². The normalized spacial score (nSPS) is 22.8. The minimum absolute atomic E-state index is 0. The molecule has 0 aromatic heterocycles. The zero-order valence-electron chi connectivity index (χ0n) is 19.6. The van der Waals surface area contributed by atoms with Crippen molar-refractivity contribution in [1.29, 1.82) is 0 Å². The topological polar surface area (TPSA) is 0 Å². The Balaban J connectivity index is 0.00000364. The second kappa shape index (κ2) is 10.8. The van der Waals surface area contributed by atoms with Crippen LogP contribution in [0.2, 0.25) is 9.26 Å². The molecular weight excluding hydrogens is 478 g/mol. The number of rotatable bonds is 8. The summed E-state index contributed by atoms with van der Waals surface area (Å²) >= 11 is -3.21. The molecule has 0 aliphatic heterocycles. The Hall–Kier alpha value is 0.640. The van der Waals surface area contributed by atoms with E-state index in [1.54, 1.807) is 22.3 Å². The molecule has 0 nitrogen and oxygen atoms in total. The maximum Gasteiger partial charge on any atom is -0.147 e. The first kappa shape index (κ1) is 28.6. The molecule has 2 atom stereocenters. The largest absolute Gasteiger partial charge is 0.147 e. The molecule has 0 amide bonds. The fraction of sp³-hybridized carbons (Fsp3) is 0.667. The van der Waals surface area contributed by atoms with Crippen molar-refractivity contribution in [3.63, 3.8) is 0 Å². The van der Waals surface area contributed by atoms with Gasteiger partial charge in [-0.05, 0) is 0 Å². The molecule has 4 heteroatoms. The summed E-state index contributed by atoms with van der Waals surface area (Å²) in [6.45, 7) is 16.8. The molecule has 0 aromatic rings. The summed E-state index contributed by atoms with van der Waals surface area (Å²) < 4.78 is 9.41. The molecule has 0 bridgehead atoms. The first-order valence-electron chi connectivity index (χ1n) is 11.1. The van der Waals surface area contributed by atoms with E-state index in [9.17, 15) is 0 Å². The second-order valence-electron chi connectivity index (χ2n) is 9.30. The van der Waals surface area contributed by atoms with Gasteiger partial charge < -0.3 is 0 Å². The van der Waals surface area contributed by atoms with Gasteiger partial charge in [-0.25, -0.2) is 0 Å². The molecule has 2 aliphatic carbocycles. The minimum Gasteiger partial charge on any atom is -0.147 e. The predicted octanol–water partition coefficient (Wildman–Crippen LogP) is 8.24. The molecule has 0 heterocycles. The average molecular weight is 523 g/mol. The van der Waals surface area contributed by atoms with Crippen molar-refractivity contribution in [2.24, 2.45) is 11.8 Å². The molecule has 28 heavy (non-hydrogen) atoms. The predicted molar refractivity (Wildman–Crippen MR) is 134 cm³/mol. The first-order valence-corrected chi connectivity index (χ1v) is 24.4. The Labute approximate surface area is 190 Å². The Kier molecular flexibility index (Phi) is 11.0. The Morgan fingerprint density at radius 1 is 0.679 bits per heavy atom. The minimum atomic E-state index is -3.21. The summed E-state index contributed by atoms with van der Waals surface area (Å²) in [7, 11) is 0. The van der Waals surface area contributed by atoms with E-state index in [0.717, 1.165) is 0 Å². The molecule has 0 radical (unpaired) electrons. The van der Waals surface area contributed by atoms with Crippen LogP contribution in [0.1, 0.15) is 80.1 Å². The molecular formula is C24H44Cl2SiZr. The molecule has 2 unspecified atom stereocenters. The van der Waals surface area contributed by atoms with E-state index < -0.39 is 17.4 Å². The van der Waals surface area contributed by atoms with Crippen LogP contribution >= 0.6 is 24.8 Å². The van der Waals surface area contributed by atoms with Gasteiger partial charge in [0.05, 0.1) is 0 Å². The summed E-state index contributed by atoms with van der Waals surface area (Å²) in [5, 5.41) is 0. The molecule has 0 fully saturated rings. The third-order valence-electron chi connectivity index (χ3n) is 7.05. The van der Waals surface area contributed by atoms with Crippen molar-refractivity contribution in [3.8, 4) is 0 Å². The van der Waals surface area contributed by atoms with Gasteiger partial charge in [-0.1, -0.05) is 0 Å². The third-order valence-corrected chi connectivity index (χ3v) is 23.4. The Morgan fingerprint density at radius 2 is 1.00 bits per heavy atom. The van der Waals surface area contributed by atoms with Crippen molar-refractivity contribution in [3.05, 3.63) is 41.0 Å². The maximum atomic E-state index is 2.76. The number of hydrogen-bond donors (Lipinski definition) is 0. The van der Waals surface area contributed by atoms with E-state index in [2.05, 4.69) is 69.8 Å². The van der Waals surface area contributed by atoms with Crippen LogP contribution in [0, 0.1) is 11.8 Å².